The molecule has 2 rings (SSSR count). The van der Waals surface area contributed by atoms with Crippen molar-refractivity contribution >= 4 is 15.9 Å². The van der Waals surface area contributed by atoms with E-state index in [1.165, 1.54) is 7.05 Å². The van der Waals surface area contributed by atoms with Crippen molar-refractivity contribution in [2.24, 2.45) is 0 Å². The second-order valence-corrected chi connectivity index (χ2v) is 7.75. The molecule has 0 bridgehead atoms. The van der Waals surface area contributed by atoms with Gasteiger partial charge in [-0.1, -0.05) is 42.5 Å². The summed E-state index contributed by atoms with van der Waals surface area (Å²) >= 11 is 0. The molecule has 0 unspecified atom stereocenters. The average molecular weight is 376 g/mol. The van der Waals surface area contributed by atoms with Gasteiger partial charge in [0.25, 0.3) is 0 Å². The molecule has 140 valence electrons. The molecule has 0 aromatic heterocycles. The minimum Gasteiger partial charge on any atom is -0.494 e. The predicted octanol–water partition coefficient (Wildman–Crippen LogP) is 2.21. The van der Waals surface area contributed by atoms with Crippen molar-refractivity contribution in [3.63, 3.8) is 0 Å². The first-order chi connectivity index (χ1) is 12.5. The van der Waals surface area contributed by atoms with E-state index in [1.807, 2.05) is 42.5 Å². The number of benzene rings is 2. The van der Waals surface area contributed by atoms with Gasteiger partial charge in [-0.3, -0.25) is 4.79 Å². The summed E-state index contributed by atoms with van der Waals surface area (Å²) in [6.07, 6.45) is 1.03. The van der Waals surface area contributed by atoms with Crippen LogP contribution in [0, 0.1) is 0 Å². The highest BCUT2D eigenvalue weighted by atomic mass is 32.2. The summed E-state index contributed by atoms with van der Waals surface area (Å²) in [5.41, 5.74) is 1.62. The van der Waals surface area contributed by atoms with Crippen molar-refractivity contribution < 1.29 is 17.9 Å². The average Bonchev–Trinajstić information content (AvgIpc) is 2.65. The van der Waals surface area contributed by atoms with Gasteiger partial charge in [-0.2, -0.15) is 0 Å². The molecule has 0 aliphatic carbocycles. The van der Waals surface area contributed by atoms with Gasteiger partial charge in [0.15, 0.2) is 0 Å². The maximum Gasteiger partial charge on any atom is 0.220 e. The number of hydrogen-bond acceptors (Lipinski definition) is 4. The van der Waals surface area contributed by atoms with Crippen LogP contribution in [0.25, 0.3) is 0 Å². The maximum absolute atomic E-state index is 11.9. The molecular formula is C19H24N2O4S. The fourth-order valence-corrected chi connectivity index (χ4v) is 3.05. The Balaban J connectivity index is 1.67. The van der Waals surface area contributed by atoms with Gasteiger partial charge in [0.1, 0.15) is 5.75 Å². The van der Waals surface area contributed by atoms with E-state index in [1.54, 1.807) is 12.1 Å². The van der Waals surface area contributed by atoms with Crippen LogP contribution in [0.15, 0.2) is 54.6 Å². The predicted molar refractivity (Wildman–Crippen MR) is 101 cm³/mol. The van der Waals surface area contributed by atoms with E-state index in [0.29, 0.717) is 31.6 Å². The number of sulfonamides is 1. The van der Waals surface area contributed by atoms with E-state index >= 15 is 0 Å². The van der Waals surface area contributed by atoms with E-state index in [0.717, 1.165) is 11.3 Å². The van der Waals surface area contributed by atoms with E-state index < -0.39 is 10.0 Å². The summed E-state index contributed by atoms with van der Waals surface area (Å²) in [5, 5.41) is 2.85. The Hall–Kier alpha value is -2.38. The summed E-state index contributed by atoms with van der Waals surface area (Å²) in [6.45, 7) is 0.906. The van der Waals surface area contributed by atoms with E-state index in [9.17, 15) is 13.2 Å². The van der Waals surface area contributed by atoms with Crippen molar-refractivity contribution in [1.82, 2.24) is 10.0 Å². The zero-order valence-electron chi connectivity index (χ0n) is 14.8. The molecule has 0 atom stereocenters. The van der Waals surface area contributed by atoms with Gasteiger partial charge < -0.3 is 10.1 Å². The molecule has 2 aromatic rings. The van der Waals surface area contributed by atoms with E-state index in [2.05, 4.69) is 10.0 Å². The Bertz CT molecular complexity index is 790. The summed E-state index contributed by atoms with van der Waals surface area (Å²) in [6, 6.07) is 16.6. The fourth-order valence-electron chi connectivity index (χ4n) is 2.27. The number of hydrogen-bond donors (Lipinski definition) is 2. The van der Waals surface area contributed by atoms with Crippen molar-refractivity contribution in [1.29, 1.82) is 0 Å². The largest absolute Gasteiger partial charge is 0.494 e. The van der Waals surface area contributed by atoms with Crippen LogP contribution in [0.3, 0.4) is 0 Å². The SMILES string of the molecule is CNS(=O)(=O)Cc1ccc(CNC(=O)CCCOc2ccccc2)cc1. The number of para-hydroxylation sites is 1. The quantitative estimate of drug-likeness (QED) is 0.623. The second-order valence-electron chi connectivity index (χ2n) is 5.82. The number of nitrogens with one attached hydrogen (secondary N) is 2. The Labute approximate surface area is 154 Å². The smallest absolute Gasteiger partial charge is 0.220 e. The third-order valence-corrected chi connectivity index (χ3v) is 5.08. The summed E-state index contributed by atoms with van der Waals surface area (Å²) in [5.74, 6) is 0.703. The van der Waals surface area contributed by atoms with Crippen LogP contribution in [0.2, 0.25) is 0 Å². The third-order valence-electron chi connectivity index (χ3n) is 3.74. The van der Waals surface area contributed by atoms with E-state index in [-0.39, 0.29) is 11.7 Å². The topological polar surface area (TPSA) is 84.5 Å². The molecule has 2 aromatic carbocycles. The Morgan fingerprint density at radius 3 is 2.31 bits per heavy atom. The molecular weight excluding hydrogens is 352 g/mol. The van der Waals surface area contributed by atoms with Crippen LogP contribution in [0.4, 0.5) is 0 Å². The highest BCUT2D eigenvalue weighted by Crippen LogP contribution is 2.09. The molecule has 0 radical (unpaired) electrons. The van der Waals surface area contributed by atoms with Crippen LogP contribution in [0.1, 0.15) is 24.0 Å². The first kappa shape index (κ1) is 19.9. The van der Waals surface area contributed by atoms with E-state index in [4.69, 9.17) is 4.74 Å². The molecule has 0 aliphatic rings. The van der Waals surface area contributed by atoms with Gasteiger partial charge in [-0.25, -0.2) is 13.1 Å². The zero-order chi connectivity index (χ0) is 18.8. The zero-order valence-corrected chi connectivity index (χ0v) is 15.6. The monoisotopic (exact) mass is 376 g/mol. The lowest BCUT2D eigenvalue weighted by Gasteiger charge is -2.08. The van der Waals surface area contributed by atoms with Crippen molar-refractivity contribution in [2.45, 2.75) is 25.1 Å². The van der Waals surface area contributed by atoms with Gasteiger partial charge in [-0.05, 0) is 36.7 Å². The van der Waals surface area contributed by atoms with Crippen molar-refractivity contribution in [3.8, 4) is 5.75 Å². The molecule has 7 heteroatoms. The standard InChI is InChI=1S/C19H24N2O4S/c1-20-26(23,24)15-17-11-9-16(10-12-17)14-21-19(22)8-5-13-25-18-6-3-2-4-7-18/h2-4,6-7,9-12,20H,5,8,13-15H2,1H3,(H,21,22). The number of ether oxygens (including phenoxy) is 1. The van der Waals surface area contributed by atoms with Crippen LogP contribution in [0.5, 0.6) is 5.75 Å². The number of amides is 1. The minimum atomic E-state index is -3.28. The minimum absolute atomic E-state index is 0.0384. The summed E-state index contributed by atoms with van der Waals surface area (Å²) in [7, 11) is -1.88. The summed E-state index contributed by atoms with van der Waals surface area (Å²) < 4.78 is 30.8. The van der Waals surface area contributed by atoms with Gasteiger partial charge in [-0.15, -0.1) is 0 Å². The fraction of sp³-hybridized carbons (Fsp3) is 0.316. The van der Waals surface area contributed by atoms with Gasteiger partial charge in [0.2, 0.25) is 15.9 Å². The first-order valence-electron chi connectivity index (χ1n) is 8.42. The molecule has 6 nitrogen and oxygen atoms in total. The molecule has 0 spiro atoms. The lowest BCUT2D eigenvalue weighted by Crippen LogP contribution is -2.23. The van der Waals surface area contributed by atoms with Crippen LogP contribution in [-0.2, 0) is 27.1 Å². The second kappa shape index (κ2) is 9.94. The molecule has 1 amide bonds. The highest BCUT2D eigenvalue weighted by molar-refractivity contribution is 7.88. The first-order valence-corrected chi connectivity index (χ1v) is 10.1. The summed E-state index contributed by atoms with van der Waals surface area (Å²) in [4.78, 5) is 11.9. The van der Waals surface area contributed by atoms with Gasteiger partial charge >= 0.3 is 0 Å². The van der Waals surface area contributed by atoms with Gasteiger partial charge in [0, 0.05) is 13.0 Å². The molecule has 0 heterocycles. The van der Waals surface area contributed by atoms with Gasteiger partial charge in [0.05, 0.1) is 12.4 Å². The molecule has 2 N–H and O–H groups in total. The van der Waals surface area contributed by atoms with Crippen LogP contribution < -0.4 is 14.8 Å². The molecule has 0 aliphatic heterocycles. The number of carbonyl (C=O) groups excluding carboxylic acids is 1. The normalized spacial score (nSPS) is 11.1. The van der Waals surface area contributed by atoms with Crippen LogP contribution >= 0.6 is 0 Å². The number of rotatable bonds is 10. The lowest BCUT2D eigenvalue weighted by atomic mass is 10.1. The van der Waals surface area contributed by atoms with Crippen molar-refractivity contribution in [2.75, 3.05) is 13.7 Å². The molecule has 0 saturated carbocycles. The Morgan fingerprint density at radius 2 is 1.65 bits per heavy atom. The molecule has 0 saturated heterocycles. The van der Waals surface area contributed by atoms with Crippen molar-refractivity contribution in [3.05, 3.63) is 65.7 Å². The lowest BCUT2D eigenvalue weighted by molar-refractivity contribution is -0.121. The Morgan fingerprint density at radius 1 is 1.00 bits per heavy atom. The third kappa shape index (κ3) is 7.25. The maximum atomic E-state index is 11.9. The Kier molecular flexibility index (Phi) is 7.62. The molecule has 26 heavy (non-hydrogen) atoms. The number of carbonyl (C=O) groups is 1. The van der Waals surface area contributed by atoms with Crippen LogP contribution in [-0.4, -0.2) is 28.0 Å². The highest BCUT2D eigenvalue weighted by Gasteiger charge is 2.08. The molecule has 0 fully saturated rings.